The Morgan fingerprint density at radius 2 is 0.941 bits per heavy atom. The summed E-state index contributed by atoms with van der Waals surface area (Å²) >= 11 is 0. The van der Waals surface area contributed by atoms with Gasteiger partial charge in [-0.05, 0) is 13.8 Å². The van der Waals surface area contributed by atoms with Gasteiger partial charge in [-0.1, -0.05) is 24.3 Å². The highest BCUT2D eigenvalue weighted by atomic mass is 16.8. The maximum atomic E-state index is 5.08. The van der Waals surface area contributed by atoms with Crippen molar-refractivity contribution in [1.82, 2.24) is 0 Å². The number of ether oxygens (including phenoxy) is 5. The average molecular weight is 246 g/mol. The van der Waals surface area contributed by atoms with Crippen molar-refractivity contribution >= 4 is 0 Å². The van der Waals surface area contributed by atoms with Gasteiger partial charge in [0.05, 0.1) is 13.2 Å². The summed E-state index contributed by atoms with van der Waals surface area (Å²) in [6.07, 6.45) is 7.63. The van der Waals surface area contributed by atoms with Gasteiger partial charge in [-0.15, -0.1) is 0 Å². The van der Waals surface area contributed by atoms with Crippen LogP contribution in [0.4, 0.5) is 0 Å². The fourth-order valence-corrected chi connectivity index (χ4v) is 0.763. The molecule has 0 unspecified atom stereocenters. The average Bonchev–Trinajstić information content (AvgIpc) is 2.35. The summed E-state index contributed by atoms with van der Waals surface area (Å²) < 4.78 is 25.2. The fraction of sp³-hybridized carbons (Fsp3) is 0.667. The van der Waals surface area contributed by atoms with Crippen LogP contribution in [0.5, 0.6) is 0 Å². The van der Waals surface area contributed by atoms with Crippen molar-refractivity contribution in [3.8, 4) is 0 Å². The molecule has 0 N–H and O–H groups in total. The first-order valence-corrected chi connectivity index (χ1v) is 5.52. The Labute approximate surface area is 103 Å². The minimum absolute atomic E-state index is 0.144. The van der Waals surface area contributed by atoms with Crippen molar-refractivity contribution < 1.29 is 23.7 Å². The molecule has 0 fully saturated rings. The largest absolute Gasteiger partial charge is 0.351 e. The molecule has 17 heavy (non-hydrogen) atoms. The number of hydrogen-bond acceptors (Lipinski definition) is 5. The van der Waals surface area contributed by atoms with E-state index < -0.39 is 0 Å². The maximum absolute atomic E-state index is 5.08. The lowest BCUT2D eigenvalue weighted by Gasteiger charge is -2.06. The lowest BCUT2D eigenvalue weighted by atomic mass is 10.6. The zero-order chi connectivity index (χ0) is 12.6. The molecule has 0 aromatic rings. The normalized spacial score (nSPS) is 11.9. The summed E-state index contributed by atoms with van der Waals surface area (Å²) in [4.78, 5) is 0. The zero-order valence-electron chi connectivity index (χ0n) is 10.6. The quantitative estimate of drug-likeness (QED) is 0.299. The van der Waals surface area contributed by atoms with E-state index in [1.807, 2.05) is 38.2 Å². The molecule has 100 valence electrons. The Balaban J connectivity index is 2.94. The smallest absolute Gasteiger partial charge is 0.152 e. The van der Waals surface area contributed by atoms with Crippen LogP contribution in [-0.4, -0.2) is 40.4 Å². The predicted octanol–water partition coefficient (Wildman–Crippen LogP) is 2.05. The second-order valence-electron chi connectivity index (χ2n) is 2.96. The van der Waals surface area contributed by atoms with Gasteiger partial charge in [-0.3, -0.25) is 0 Å². The molecular formula is C12H22O5. The van der Waals surface area contributed by atoms with Crippen molar-refractivity contribution in [2.45, 2.75) is 13.8 Å². The monoisotopic (exact) mass is 246 g/mol. The van der Waals surface area contributed by atoms with E-state index in [0.29, 0.717) is 13.2 Å². The highest BCUT2D eigenvalue weighted by molar-refractivity contribution is 4.75. The third-order valence-corrected chi connectivity index (χ3v) is 1.57. The van der Waals surface area contributed by atoms with Gasteiger partial charge < -0.3 is 23.7 Å². The molecule has 0 aliphatic carbocycles. The molecule has 0 aliphatic rings. The molecule has 0 amide bonds. The van der Waals surface area contributed by atoms with E-state index in [1.54, 1.807) is 0 Å². The van der Waals surface area contributed by atoms with E-state index in [-0.39, 0.29) is 27.2 Å². The van der Waals surface area contributed by atoms with Crippen LogP contribution in [0.25, 0.3) is 0 Å². The molecular weight excluding hydrogens is 224 g/mol. The molecule has 0 bridgehead atoms. The molecule has 0 radical (unpaired) electrons. The minimum atomic E-state index is 0.144. The van der Waals surface area contributed by atoms with Crippen LogP contribution in [-0.2, 0) is 23.7 Å². The van der Waals surface area contributed by atoms with Crippen LogP contribution in [0.3, 0.4) is 0 Å². The molecule has 0 atom stereocenters. The summed E-state index contributed by atoms with van der Waals surface area (Å²) in [7, 11) is 0. The van der Waals surface area contributed by atoms with Crippen molar-refractivity contribution in [2.24, 2.45) is 0 Å². The molecule has 0 heterocycles. The van der Waals surface area contributed by atoms with E-state index in [2.05, 4.69) is 0 Å². The molecule has 0 aromatic heterocycles. The Kier molecular flexibility index (Phi) is 14.6. The Hall–Kier alpha value is -0.720. The SMILES string of the molecule is C/C=C/COCOCOCOCOC/C=C/C. The first kappa shape index (κ1) is 16.3. The van der Waals surface area contributed by atoms with Crippen LogP contribution in [0.15, 0.2) is 24.3 Å². The molecule has 0 aromatic carbocycles. The Morgan fingerprint density at radius 1 is 0.588 bits per heavy atom. The van der Waals surface area contributed by atoms with Crippen molar-refractivity contribution in [3.05, 3.63) is 24.3 Å². The third-order valence-electron chi connectivity index (χ3n) is 1.57. The summed E-state index contributed by atoms with van der Waals surface area (Å²) in [5, 5.41) is 0. The van der Waals surface area contributed by atoms with E-state index in [1.165, 1.54) is 0 Å². The first-order chi connectivity index (χ1) is 8.41. The Bertz CT molecular complexity index is 171. The number of hydrogen-bond donors (Lipinski definition) is 0. The first-order valence-electron chi connectivity index (χ1n) is 5.52. The predicted molar refractivity (Wildman–Crippen MR) is 64.3 cm³/mol. The van der Waals surface area contributed by atoms with Crippen LogP contribution in [0, 0.1) is 0 Å². The summed E-state index contributed by atoms with van der Waals surface area (Å²) in [6, 6.07) is 0. The molecule has 0 saturated carbocycles. The minimum Gasteiger partial charge on any atom is -0.351 e. The molecule has 5 heteroatoms. The van der Waals surface area contributed by atoms with Crippen molar-refractivity contribution in [3.63, 3.8) is 0 Å². The van der Waals surface area contributed by atoms with Crippen LogP contribution in [0.2, 0.25) is 0 Å². The van der Waals surface area contributed by atoms with Gasteiger partial charge in [0.25, 0.3) is 0 Å². The standard InChI is InChI=1S/C12H22O5/c1-3-5-7-13-9-15-11-17-12-16-10-14-8-6-4-2/h3-6H,7-12H2,1-2H3/b5-3+,6-4+. The number of allylic oxidation sites excluding steroid dienone is 2. The molecule has 0 saturated heterocycles. The lowest BCUT2D eigenvalue weighted by molar-refractivity contribution is -0.188. The van der Waals surface area contributed by atoms with Gasteiger partial charge in [-0.25, -0.2) is 0 Å². The molecule has 5 nitrogen and oxygen atoms in total. The van der Waals surface area contributed by atoms with E-state index in [4.69, 9.17) is 23.7 Å². The van der Waals surface area contributed by atoms with E-state index in [9.17, 15) is 0 Å². The third kappa shape index (κ3) is 15.3. The van der Waals surface area contributed by atoms with Crippen LogP contribution < -0.4 is 0 Å². The van der Waals surface area contributed by atoms with Gasteiger partial charge in [-0.2, -0.15) is 0 Å². The van der Waals surface area contributed by atoms with E-state index >= 15 is 0 Å². The van der Waals surface area contributed by atoms with E-state index in [0.717, 1.165) is 0 Å². The second kappa shape index (κ2) is 15.3. The summed E-state index contributed by atoms with van der Waals surface area (Å²) in [6.45, 7) is 5.67. The molecule has 0 spiro atoms. The lowest BCUT2D eigenvalue weighted by Crippen LogP contribution is -2.09. The summed E-state index contributed by atoms with van der Waals surface area (Å²) in [5.41, 5.74) is 0. The fourth-order valence-electron chi connectivity index (χ4n) is 0.763. The second-order valence-corrected chi connectivity index (χ2v) is 2.96. The van der Waals surface area contributed by atoms with Gasteiger partial charge in [0.15, 0.2) is 13.6 Å². The zero-order valence-corrected chi connectivity index (χ0v) is 10.6. The summed E-state index contributed by atoms with van der Waals surface area (Å²) in [5.74, 6) is 0. The van der Waals surface area contributed by atoms with Gasteiger partial charge in [0, 0.05) is 0 Å². The molecule has 0 aliphatic heterocycles. The Morgan fingerprint density at radius 3 is 1.29 bits per heavy atom. The molecule has 0 rings (SSSR count). The highest BCUT2D eigenvalue weighted by Crippen LogP contribution is 1.85. The number of rotatable bonds is 12. The van der Waals surface area contributed by atoms with Crippen LogP contribution in [0.1, 0.15) is 13.8 Å². The topological polar surface area (TPSA) is 46.2 Å². The van der Waals surface area contributed by atoms with Crippen LogP contribution >= 0.6 is 0 Å². The van der Waals surface area contributed by atoms with Gasteiger partial charge in [0.1, 0.15) is 13.6 Å². The highest BCUT2D eigenvalue weighted by Gasteiger charge is 1.89. The van der Waals surface area contributed by atoms with Crippen molar-refractivity contribution in [2.75, 3.05) is 40.4 Å². The van der Waals surface area contributed by atoms with Crippen molar-refractivity contribution in [1.29, 1.82) is 0 Å². The maximum Gasteiger partial charge on any atom is 0.152 e. The van der Waals surface area contributed by atoms with Gasteiger partial charge in [0.2, 0.25) is 0 Å². The van der Waals surface area contributed by atoms with Gasteiger partial charge >= 0.3 is 0 Å².